The Bertz CT molecular complexity index is 618. The van der Waals surface area contributed by atoms with Crippen LogP contribution in [0.1, 0.15) is 21.5 Å². The Morgan fingerprint density at radius 1 is 1.06 bits per heavy atom. The molecule has 2 aromatic carbocycles. The number of benzene rings is 2. The lowest BCUT2D eigenvalue weighted by Crippen LogP contribution is -2.00. The van der Waals surface area contributed by atoms with Crippen LogP contribution in [0.5, 0.6) is 0 Å². The molecule has 0 aliphatic rings. The van der Waals surface area contributed by atoms with Crippen LogP contribution < -0.4 is 0 Å². The van der Waals surface area contributed by atoms with E-state index in [1.54, 1.807) is 12.1 Å². The molecule has 0 saturated carbocycles. The monoisotopic (exact) mass is 260 g/mol. The molecule has 0 aliphatic heterocycles. The Labute approximate surface area is 111 Å². The second kappa shape index (κ2) is 4.83. The summed E-state index contributed by atoms with van der Waals surface area (Å²) in [6.45, 7) is 3.99. The molecule has 0 aliphatic carbocycles. The minimum Gasteiger partial charge on any atom is -0.478 e. The standard InChI is InChI=1S/C15H13ClO2/c1-9-3-5-12(10(2)7-9)13-6-4-11(16)8-14(13)15(17)18/h3-8H,1-2H3,(H,17,18). The van der Waals surface area contributed by atoms with E-state index < -0.39 is 5.97 Å². The van der Waals surface area contributed by atoms with Gasteiger partial charge in [0.1, 0.15) is 0 Å². The molecule has 0 bridgehead atoms. The summed E-state index contributed by atoms with van der Waals surface area (Å²) in [5.41, 5.74) is 4.07. The molecule has 0 fully saturated rings. The molecule has 0 spiro atoms. The van der Waals surface area contributed by atoms with Gasteiger partial charge in [-0.3, -0.25) is 0 Å². The first-order valence-corrected chi connectivity index (χ1v) is 5.97. The van der Waals surface area contributed by atoms with E-state index >= 15 is 0 Å². The summed E-state index contributed by atoms with van der Waals surface area (Å²) in [6, 6.07) is 10.9. The van der Waals surface area contributed by atoms with Gasteiger partial charge < -0.3 is 5.11 Å². The summed E-state index contributed by atoms with van der Waals surface area (Å²) in [5.74, 6) is -0.965. The van der Waals surface area contributed by atoms with Crippen molar-refractivity contribution in [1.29, 1.82) is 0 Å². The molecule has 0 aromatic heterocycles. The number of halogens is 1. The maximum Gasteiger partial charge on any atom is 0.336 e. The van der Waals surface area contributed by atoms with Crippen LogP contribution in [0.25, 0.3) is 11.1 Å². The predicted molar refractivity (Wildman–Crippen MR) is 73.3 cm³/mol. The molecule has 0 unspecified atom stereocenters. The summed E-state index contributed by atoms with van der Waals surface area (Å²) in [5, 5.41) is 9.67. The molecule has 2 aromatic rings. The lowest BCUT2D eigenvalue weighted by molar-refractivity contribution is 0.0697. The van der Waals surface area contributed by atoms with Crippen molar-refractivity contribution < 1.29 is 9.90 Å². The van der Waals surface area contributed by atoms with Crippen molar-refractivity contribution in [2.75, 3.05) is 0 Å². The van der Waals surface area contributed by atoms with E-state index in [1.807, 2.05) is 32.0 Å². The Morgan fingerprint density at radius 2 is 1.72 bits per heavy atom. The molecule has 18 heavy (non-hydrogen) atoms. The van der Waals surface area contributed by atoms with Crippen molar-refractivity contribution in [3.63, 3.8) is 0 Å². The van der Waals surface area contributed by atoms with Crippen molar-refractivity contribution in [3.05, 3.63) is 58.1 Å². The van der Waals surface area contributed by atoms with Gasteiger partial charge in [0.15, 0.2) is 0 Å². The minimum atomic E-state index is -0.965. The topological polar surface area (TPSA) is 37.3 Å². The van der Waals surface area contributed by atoms with Crippen molar-refractivity contribution in [2.45, 2.75) is 13.8 Å². The normalized spacial score (nSPS) is 10.4. The maximum absolute atomic E-state index is 11.3. The number of hydrogen-bond donors (Lipinski definition) is 1. The number of carbonyl (C=O) groups is 1. The second-order valence-corrected chi connectivity index (χ2v) is 4.75. The third-order valence-corrected chi connectivity index (χ3v) is 3.12. The van der Waals surface area contributed by atoms with Gasteiger partial charge in [0.05, 0.1) is 5.56 Å². The molecule has 1 N–H and O–H groups in total. The maximum atomic E-state index is 11.3. The van der Waals surface area contributed by atoms with E-state index in [-0.39, 0.29) is 5.56 Å². The Kier molecular flexibility index (Phi) is 3.39. The van der Waals surface area contributed by atoms with Gasteiger partial charge in [-0.05, 0) is 42.7 Å². The third kappa shape index (κ3) is 2.39. The van der Waals surface area contributed by atoms with Crippen LogP contribution in [-0.2, 0) is 0 Å². The van der Waals surface area contributed by atoms with E-state index in [9.17, 15) is 9.90 Å². The second-order valence-electron chi connectivity index (χ2n) is 4.31. The zero-order chi connectivity index (χ0) is 13.3. The Balaban J connectivity index is 2.67. The van der Waals surface area contributed by atoms with Crippen molar-refractivity contribution in [2.24, 2.45) is 0 Å². The molecule has 0 atom stereocenters. The molecular weight excluding hydrogens is 248 g/mol. The van der Waals surface area contributed by atoms with Crippen LogP contribution in [0.4, 0.5) is 0 Å². The fourth-order valence-corrected chi connectivity index (χ4v) is 2.22. The molecular formula is C15H13ClO2. The van der Waals surface area contributed by atoms with Gasteiger partial charge in [0.25, 0.3) is 0 Å². The Morgan fingerprint density at radius 3 is 2.33 bits per heavy atom. The molecule has 0 heterocycles. The fourth-order valence-electron chi connectivity index (χ4n) is 2.04. The molecule has 0 saturated heterocycles. The molecule has 3 heteroatoms. The third-order valence-electron chi connectivity index (χ3n) is 2.88. The summed E-state index contributed by atoms with van der Waals surface area (Å²) < 4.78 is 0. The highest BCUT2D eigenvalue weighted by Gasteiger charge is 2.13. The predicted octanol–water partition coefficient (Wildman–Crippen LogP) is 4.32. The van der Waals surface area contributed by atoms with E-state index in [2.05, 4.69) is 0 Å². The number of aryl methyl sites for hydroxylation is 2. The van der Waals surface area contributed by atoms with Gasteiger partial charge in [-0.25, -0.2) is 4.79 Å². The van der Waals surface area contributed by atoms with Crippen LogP contribution in [0.3, 0.4) is 0 Å². The van der Waals surface area contributed by atoms with Crippen LogP contribution in [-0.4, -0.2) is 11.1 Å². The average Bonchev–Trinajstić information content (AvgIpc) is 2.29. The summed E-state index contributed by atoms with van der Waals surface area (Å²) >= 11 is 5.85. The van der Waals surface area contributed by atoms with Crippen LogP contribution in [0.15, 0.2) is 36.4 Å². The smallest absolute Gasteiger partial charge is 0.336 e. The van der Waals surface area contributed by atoms with Crippen LogP contribution >= 0.6 is 11.6 Å². The highest BCUT2D eigenvalue weighted by molar-refractivity contribution is 6.31. The van der Waals surface area contributed by atoms with Gasteiger partial charge in [-0.1, -0.05) is 41.4 Å². The largest absolute Gasteiger partial charge is 0.478 e. The highest BCUT2D eigenvalue weighted by atomic mass is 35.5. The minimum absolute atomic E-state index is 0.231. The van der Waals surface area contributed by atoms with Gasteiger partial charge >= 0.3 is 5.97 Å². The van der Waals surface area contributed by atoms with E-state index in [0.717, 1.165) is 16.7 Å². The summed E-state index contributed by atoms with van der Waals surface area (Å²) in [4.78, 5) is 11.3. The average molecular weight is 261 g/mol. The zero-order valence-corrected chi connectivity index (χ0v) is 11.0. The van der Waals surface area contributed by atoms with E-state index in [1.165, 1.54) is 6.07 Å². The first kappa shape index (κ1) is 12.7. The lowest BCUT2D eigenvalue weighted by atomic mass is 9.95. The summed E-state index contributed by atoms with van der Waals surface area (Å²) in [6.07, 6.45) is 0. The molecule has 92 valence electrons. The number of aromatic carboxylic acids is 1. The van der Waals surface area contributed by atoms with Crippen molar-refractivity contribution in [1.82, 2.24) is 0 Å². The number of carboxylic acid groups (broad SMARTS) is 1. The fraction of sp³-hybridized carbons (Fsp3) is 0.133. The van der Waals surface area contributed by atoms with E-state index in [4.69, 9.17) is 11.6 Å². The number of hydrogen-bond acceptors (Lipinski definition) is 1. The lowest BCUT2D eigenvalue weighted by Gasteiger charge is -2.10. The molecule has 0 amide bonds. The van der Waals surface area contributed by atoms with Gasteiger partial charge in [0, 0.05) is 5.02 Å². The van der Waals surface area contributed by atoms with Crippen molar-refractivity contribution >= 4 is 17.6 Å². The quantitative estimate of drug-likeness (QED) is 0.873. The molecule has 2 rings (SSSR count). The van der Waals surface area contributed by atoms with Crippen LogP contribution in [0.2, 0.25) is 5.02 Å². The van der Waals surface area contributed by atoms with Gasteiger partial charge in [0.2, 0.25) is 0 Å². The van der Waals surface area contributed by atoms with Gasteiger partial charge in [-0.15, -0.1) is 0 Å². The van der Waals surface area contributed by atoms with E-state index in [0.29, 0.717) is 10.6 Å². The molecule has 0 radical (unpaired) electrons. The first-order chi connectivity index (χ1) is 8.49. The van der Waals surface area contributed by atoms with Gasteiger partial charge in [-0.2, -0.15) is 0 Å². The first-order valence-electron chi connectivity index (χ1n) is 5.59. The Hall–Kier alpha value is -1.80. The summed E-state index contributed by atoms with van der Waals surface area (Å²) in [7, 11) is 0. The zero-order valence-electron chi connectivity index (χ0n) is 10.2. The van der Waals surface area contributed by atoms with Crippen LogP contribution in [0, 0.1) is 13.8 Å². The van der Waals surface area contributed by atoms with Crippen molar-refractivity contribution in [3.8, 4) is 11.1 Å². The SMILES string of the molecule is Cc1ccc(-c2ccc(Cl)cc2C(=O)O)c(C)c1. The number of rotatable bonds is 2. The number of carboxylic acids is 1. The molecule has 2 nitrogen and oxygen atoms in total. The highest BCUT2D eigenvalue weighted by Crippen LogP contribution is 2.29.